The van der Waals surface area contributed by atoms with Crippen molar-refractivity contribution in [2.75, 3.05) is 6.54 Å². The van der Waals surface area contributed by atoms with E-state index in [1.807, 2.05) is 20.8 Å². The van der Waals surface area contributed by atoms with Crippen molar-refractivity contribution < 1.29 is 9.59 Å². The molecule has 74 valence electrons. The molecule has 0 atom stereocenters. The first-order valence-electron chi connectivity index (χ1n) is 4.84. The first-order valence-corrected chi connectivity index (χ1v) is 4.84. The molecule has 3 nitrogen and oxygen atoms in total. The van der Waals surface area contributed by atoms with Crippen LogP contribution in [0.15, 0.2) is 0 Å². The van der Waals surface area contributed by atoms with E-state index in [4.69, 9.17) is 0 Å². The number of amides is 2. The van der Waals surface area contributed by atoms with E-state index < -0.39 is 0 Å². The molecule has 0 bridgehead atoms. The first kappa shape index (κ1) is 10.2. The van der Waals surface area contributed by atoms with Crippen molar-refractivity contribution in [2.24, 2.45) is 11.8 Å². The summed E-state index contributed by atoms with van der Waals surface area (Å²) in [5, 5.41) is 0. The molecular weight excluding hydrogens is 166 g/mol. The molecule has 0 aliphatic carbocycles. The molecule has 0 radical (unpaired) electrons. The van der Waals surface area contributed by atoms with Crippen molar-refractivity contribution >= 4 is 11.8 Å². The summed E-state index contributed by atoms with van der Waals surface area (Å²) in [5.41, 5.74) is 0. The van der Waals surface area contributed by atoms with Gasteiger partial charge in [-0.2, -0.15) is 0 Å². The highest BCUT2D eigenvalue weighted by atomic mass is 16.2. The van der Waals surface area contributed by atoms with Gasteiger partial charge in [-0.15, -0.1) is 0 Å². The summed E-state index contributed by atoms with van der Waals surface area (Å²) in [4.78, 5) is 24.3. The van der Waals surface area contributed by atoms with Crippen molar-refractivity contribution in [1.29, 1.82) is 0 Å². The maximum Gasteiger partial charge on any atom is 0.229 e. The second kappa shape index (κ2) is 3.90. The van der Waals surface area contributed by atoms with Crippen LogP contribution in [0.25, 0.3) is 0 Å². The summed E-state index contributed by atoms with van der Waals surface area (Å²) >= 11 is 0. The summed E-state index contributed by atoms with van der Waals surface area (Å²) in [5.74, 6) is 0.583. The quantitative estimate of drug-likeness (QED) is 0.607. The zero-order chi connectivity index (χ0) is 10.0. The van der Waals surface area contributed by atoms with Gasteiger partial charge in [-0.05, 0) is 11.8 Å². The predicted octanol–water partition coefficient (Wildman–Crippen LogP) is 1.43. The Hall–Kier alpha value is -0.860. The Morgan fingerprint density at radius 1 is 1.31 bits per heavy atom. The second-order valence-electron chi connectivity index (χ2n) is 4.31. The fraction of sp³-hybridized carbons (Fsp3) is 0.800. The van der Waals surface area contributed by atoms with Gasteiger partial charge in [-0.1, -0.05) is 20.8 Å². The highest BCUT2D eigenvalue weighted by molar-refractivity contribution is 5.97. The predicted molar refractivity (Wildman–Crippen MR) is 50.0 cm³/mol. The van der Waals surface area contributed by atoms with E-state index >= 15 is 0 Å². The SMILES string of the molecule is CC(C)CN1C(=O)CC(C)CC1=O. The molecule has 1 saturated heterocycles. The highest BCUT2D eigenvalue weighted by Gasteiger charge is 2.30. The molecule has 0 aromatic rings. The van der Waals surface area contributed by atoms with Crippen LogP contribution in [0.2, 0.25) is 0 Å². The Labute approximate surface area is 79.1 Å². The smallest absolute Gasteiger partial charge is 0.229 e. The molecule has 3 heteroatoms. The molecule has 1 heterocycles. The molecule has 1 fully saturated rings. The van der Waals surface area contributed by atoms with E-state index in [1.54, 1.807) is 0 Å². The van der Waals surface area contributed by atoms with Gasteiger partial charge >= 0.3 is 0 Å². The molecule has 0 spiro atoms. The first-order chi connectivity index (χ1) is 6.00. The van der Waals surface area contributed by atoms with Crippen LogP contribution in [-0.2, 0) is 9.59 Å². The van der Waals surface area contributed by atoms with Crippen molar-refractivity contribution in [3.05, 3.63) is 0 Å². The summed E-state index contributed by atoms with van der Waals surface area (Å²) < 4.78 is 0. The molecule has 0 aromatic carbocycles. The van der Waals surface area contributed by atoms with Crippen LogP contribution < -0.4 is 0 Å². The summed E-state index contributed by atoms with van der Waals surface area (Å²) in [6.07, 6.45) is 1.05. The molecule has 2 amide bonds. The number of carbonyl (C=O) groups is 2. The van der Waals surface area contributed by atoms with Crippen LogP contribution in [0, 0.1) is 11.8 Å². The van der Waals surface area contributed by atoms with Gasteiger partial charge in [0.05, 0.1) is 0 Å². The molecule has 1 aliphatic heterocycles. The number of hydrogen-bond donors (Lipinski definition) is 0. The number of rotatable bonds is 2. The third-order valence-corrected chi connectivity index (χ3v) is 2.20. The Balaban J connectivity index is 2.62. The Kier molecular flexibility index (Phi) is 3.07. The van der Waals surface area contributed by atoms with Gasteiger partial charge in [0.1, 0.15) is 0 Å². The van der Waals surface area contributed by atoms with Crippen LogP contribution in [0.5, 0.6) is 0 Å². The van der Waals surface area contributed by atoms with E-state index in [9.17, 15) is 9.59 Å². The number of carbonyl (C=O) groups excluding carboxylic acids is 2. The maximum absolute atomic E-state index is 11.5. The standard InChI is InChI=1S/C10H17NO2/c1-7(2)6-11-9(12)4-8(3)5-10(11)13/h7-8H,4-6H2,1-3H3. The van der Waals surface area contributed by atoms with Crippen molar-refractivity contribution in [1.82, 2.24) is 4.90 Å². The second-order valence-corrected chi connectivity index (χ2v) is 4.31. The lowest BCUT2D eigenvalue weighted by Crippen LogP contribution is -2.44. The van der Waals surface area contributed by atoms with E-state index in [-0.39, 0.29) is 17.7 Å². The van der Waals surface area contributed by atoms with Gasteiger partial charge in [0.25, 0.3) is 0 Å². The van der Waals surface area contributed by atoms with E-state index in [2.05, 4.69) is 0 Å². The normalized spacial score (nSPS) is 20.2. The Morgan fingerprint density at radius 3 is 2.15 bits per heavy atom. The Bertz CT molecular complexity index is 205. The van der Waals surface area contributed by atoms with Crippen LogP contribution in [0.4, 0.5) is 0 Å². The molecular formula is C10H17NO2. The topological polar surface area (TPSA) is 37.4 Å². The molecule has 0 saturated carbocycles. The minimum atomic E-state index is -0.00236. The zero-order valence-corrected chi connectivity index (χ0v) is 8.54. The van der Waals surface area contributed by atoms with E-state index in [0.717, 1.165) is 0 Å². The number of piperidine rings is 1. The lowest BCUT2D eigenvalue weighted by Gasteiger charge is -2.29. The van der Waals surface area contributed by atoms with Crippen molar-refractivity contribution in [3.63, 3.8) is 0 Å². The van der Waals surface area contributed by atoms with Gasteiger partial charge in [0.15, 0.2) is 0 Å². The van der Waals surface area contributed by atoms with Crippen molar-refractivity contribution in [2.45, 2.75) is 33.6 Å². The molecule has 0 unspecified atom stereocenters. The van der Waals surface area contributed by atoms with Crippen LogP contribution in [-0.4, -0.2) is 23.3 Å². The molecule has 1 aliphatic rings. The van der Waals surface area contributed by atoms with Crippen LogP contribution >= 0.6 is 0 Å². The highest BCUT2D eigenvalue weighted by Crippen LogP contribution is 2.19. The average molecular weight is 183 g/mol. The summed E-state index contributed by atoms with van der Waals surface area (Å²) in [6.45, 7) is 6.55. The van der Waals surface area contributed by atoms with Gasteiger partial charge < -0.3 is 0 Å². The monoisotopic (exact) mass is 183 g/mol. The number of nitrogens with zero attached hydrogens (tertiary/aromatic N) is 1. The van der Waals surface area contributed by atoms with Gasteiger partial charge in [-0.3, -0.25) is 14.5 Å². The lowest BCUT2D eigenvalue weighted by atomic mass is 9.97. The molecule has 1 rings (SSSR count). The molecule has 0 N–H and O–H groups in total. The fourth-order valence-electron chi connectivity index (χ4n) is 1.60. The summed E-state index contributed by atoms with van der Waals surface area (Å²) in [7, 11) is 0. The van der Waals surface area contributed by atoms with Crippen LogP contribution in [0.1, 0.15) is 33.6 Å². The minimum absolute atomic E-state index is 0.00236. The molecule has 13 heavy (non-hydrogen) atoms. The largest absolute Gasteiger partial charge is 0.282 e. The zero-order valence-electron chi connectivity index (χ0n) is 8.54. The number of likely N-dealkylation sites (tertiary alicyclic amines) is 1. The fourth-order valence-corrected chi connectivity index (χ4v) is 1.60. The van der Waals surface area contributed by atoms with Gasteiger partial charge in [-0.25, -0.2) is 0 Å². The maximum atomic E-state index is 11.5. The van der Waals surface area contributed by atoms with Crippen LogP contribution in [0.3, 0.4) is 0 Å². The third-order valence-electron chi connectivity index (χ3n) is 2.20. The third kappa shape index (κ3) is 2.54. The van der Waals surface area contributed by atoms with Gasteiger partial charge in [0, 0.05) is 19.4 Å². The lowest BCUT2D eigenvalue weighted by molar-refractivity contribution is -0.150. The minimum Gasteiger partial charge on any atom is -0.282 e. The van der Waals surface area contributed by atoms with E-state index in [0.29, 0.717) is 25.3 Å². The van der Waals surface area contributed by atoms with E-state index in [1.165, 1.54) is 4.90 Å². The van der Waals surface area contributed by atoms with Gasteiger partial charge in [0.2, 0.25) is 11.8 Å². The number of imide groups is 1. The number of hydrogen-bond acceptors (Lipinski definition) is 2. The summed E-state index contributed by atoms with van der Waals surface area (Å²) in [6, 6.07) is 0. The average Bonchev–Trinajstić information content (AvgIpc) is 1.96. The van der Waals surface area contributed by atoms with Crippen molar-refractivity contribution in [3.8, 4) is 0 Å². The molecule has 0 aromatic heterocycles. The Morgan fingerprint density at radius 2 is 1.77 bits per heavy atom.